The second-order valence-corrected chi connectivity index (χ2v) is 10.4. The van der Waals surface area contributed by atoms with Crippen LogP contribution in [-0.4, -0.2) is 82.6 Å². The molecule has 4 N–H and O–H groups in total. The van der Waals surface area contributed by atoms with Crippen LogP contribution in [0.25, 0.3) is 22.0 Å². The lowest BCUT2D eigenvalue weighted by Gasteiger charge is -2.45. The van der Waals surface area contributed by atoms with E-state index in [9.17, 15) is 0 Å². The molecule has 2 aliphatic rings. The predicted molar refractivity (Wildman–Crippen MR) is 151 cm³/mol. The molecule has 9 heteroatoms. The molecule has 0 bridgehead atoms. The molecular weight excluding hydrogens is 476 g/mol. The first-order valence-electron chi connectivity index (χ1n) is 13.1. The Kier molecular flexibility index (Phi) is 6.57. The summed E-state index contributed by atoms with van der Waals surface area (Å²) < 4.78 is 8.39. The number of aryl methyl sites for hydroxylation is 1. The van der Waals surface area contributed by atoms with Crippen LogP contribution in [0.2, 0.25) is 0 Å². The van der Waals surface area contributed by atoms with E-state index in [0.29, 0.717) is 18.3 Å². The fourth-order valence-corrected chi connectivity index (χ4v) is 5.68. The maximum atomic E-state index is 7.45. The van der Waals surface area contributed by atoms with Crippen LogP contribution in [0.1, 0.15) is 28.7 Å². The number of aliphatic imine (C=N–C) groups is 1. The molecule has 2 fully saturated rings. The van der Waals surface area contributed by atoms with Crippen LogP contribution in [0, 0.1) is 12.3 Å². The molecule has 0 spiro atoms. The number of nitrogens with two attached hydrogens (primary N) is 1. The number of piperazine rings is 1. The van der Waals surface area contributed by atoms with E-state index in [0.717, 1.165) is 72.5 Å². The first kappa shape index (κ1) is 24.5. The van der Waals surface area contributed by atoms with Crippen molar-refractivity contribution < 1.29 is 4.74 Å². The highest BCUT2D eigenvalue weighted by molar-refractivity contribution is 6.05. The summed E-state index contributed by atoms with van der Waals surface area (Å²) in [4.78, 5) is 12.4. The quantitative estimate of drug-likeness (QED) is 0.272. The lowest BCUT2D eigenvalue weighted by atomic mass is 10.0. The zero-order chi connectivity index (χ0) is 26.2. The summed E-state index contributed by atoms with van der Waals surface area (Å²) >= 11 is 0. The van der Waals surface area contributed by atoms with E-state index in [1.165, 1.54) is 5.56 Å². The zero-order valence-electron chi connectivity index (χ0n) is 21.9. The fourth-order valence-electron chi connectivity index (χ4n) is 5.68. The van der Waals surface area contributed by atoms with Gasteiger partial charge in [0.2, 0.25) is 0 Å². The lowest BCUT2D eigenvalue weighted by Crippen LogP contribution is -2.57. The Labute approximate surface area is 222 Å². The Morgan fingerprint density at radius 2 is 2.03 bits per heavy atom. The number of rotatable bonds is 6. The van der Waals surface area contributed by atoms with Gasteiger partial charge in [0.25, 0.3) is 0 Å². The van der Waals surface area contributed by atoms with Crippen molar-refractivity contribution in [2.45, 2.75) is 25.6 Å². The SMILES string of the molecule is Cc1c2ccc(-c3cc(C4CN5CCN(C)CC5CO4)[nH]c3C(N)=NC=N)cc2nn1Cc1ccccc1. The molecular formula is C29H34N8O. The maximum Gasteiger partial charge on any atom is 0.149 e. The molecule has 196 valence electrons. The highest BCUT2D eigenvalue weighted by Gasteiger charge is 2.34. The number of amidine groups is 1. The summed E-state index contributed by atoms with van der Waals surface area (Å²) in [6.45, 7) is 7.51. The minimum absolute atomic E-state index is 0.0778. The highest BCUT2D eigenvalue weighted by Crippen LogP contribution is 2.33. The largest absolute Gasteiger partial charge is 0.382 e. The third-order valence-electron chi connectivity index (χ3n) is 7.83. The number of likely N-dealkylation sites (N-methyl/N-ethyl adjacent to an activating group) is 1. The van der Waals surface area contributed by atoms with Crippen molar-refractivity contribution in [1.29, 1.82) is 5.41 Å². The molecule has 2 saturated heterocycles. The number of ether oxygens (including phenoxy) is 1. The van der Waals surface area contributed by atoms with E-state index in [-0.39, 0.29) is 11.9 Å². The summed E-state index contributed by atoms with van der Waals surface area (Å²) in [6, 6.07) is 19.3. The normalized spacial score (nSPS) is 21.1. The van der Waals surface area contributed by atoms with Gasteiger partial charge in [-0.3, -0.25) is 15.0 Å². The van der Waals surface area contributed by atoms with E-state index in [4.69, 9.17) is 21.0 Å². The van der Waals surface area contributed by atoms with Gasteiger partial charge >= 0.3 is 0 Å². The van der Waals surface area contributed by atoms with Crippen LogP contribution < -0.4 is 5.73 Å². The molecule has 2 aliphatic heterocycles. The molecule has 2 unspecified atom stereocenters. The topological polar surface area (TPSA) is 112 Å². The summed E-state index contributed by atoms with van der Waals surface area (Å²) in [5.41, 5.74) is 13.2. The van der Waals surface area contributed by atoms with Gasteiger partial charge in [-0.2, -0.15) is 5.10 Å². The van der Waals surface area contributed by atoms with Gasteiger partial charge in [0, 0.05) is 54.6 Å². The molecule has 2 aromatic carbocycles. The van der Waals surface area contributed by atoms with Crippen molar-refractivity contribution in [3.05, 3.63) is 77.2 Å². The first-order chi connectivity index (χ1) is 18.5. The molecule has 2 atom stereocenters. The highest BCUT2D eigenvalue weighted by atomic mass is 16.5. The van der Waals surface area contributed by atoms with Gasteiger partial charge in [0.15, 0.2) is 0 Å². The number of morpholine rings is 1. The van der Waals surface area contributed by atoms with Gasteiger partial charge in [0.1, 0.15) is 18.3 Å². The van der Waals surface area contributed by atoms with Crippen LogP contribution in [0.5, 0.6) is 0 Å². The number of hydrogen-bond acceptors (Lipinski definition) is 5. The van der Waals surface area contributed by atoms with E-state index in [2.05, 4.69) is 87.0 Å². The van der Waals surface area contributed by atoms with Gasteiger partial charge in [-0.1, -0.05) is 42.5 Å². The van der Waals surface area contributed by atoms with Gasteiger partial charge in [-0.25, -0.2) is 4.99 Å². The predicted octanol–water partition coefficient (Wildman–Crippen LogP) is 3.39. The molecule has 4 aromatic rings. The number of nitrogens with zero attached hydrogens (tertiary/aromatic N) is 5. The number of benzene rings is 2. The number of nitrogens with one attached hydrogen (secondary N) is 2. The Morgan fingerprint density at radius 3 is 2.84 bits per heavy atom. The molecule has 0 radical (unpaired) electrons. The molecule has 2 aromatic heterocycles. The number of H-pyrrole nitrogens is 1. The van der Waals surface area contributed by atoms with E-state index >= 15 is 0 Å². The van der Waals surface area contributed by atoms with Crippen LogP contribution in [0.4, 0.5) is 0 Å². The minimum atomic E-state index is -0.0778. The third-order valence-corrected chi connectivity index (χ3v) is 7.83. The van der Waals surface area contributed by atoms with Gasteiger partial charge in [0.05, 0.1) is 24.4 Å². The van der Waals surface area contributed by atoms with Crippen molar-refractivity contribution >= 4 is 23.1 Å². The average Bonchev–Trinajstić information content (AvgIpc) is 3.51. The van der Waals surface area contributed by atoms with Gasteiger partial charge in [-0.05, 0) is 37.2 Å². The van der Waals surface area contributed by atoms with Crippen molar-refractivity contribution in [3.8, 4) is 11.1 Å². The van der Waals surface area contributed by atoms with E-state index in [1.807, 2.05) is 6.07 Å². The Bertz CT molecular complexity index is 1490. The summed E-state index contributed by atoms with van der Waals surface area (Å²) in [7, 11) is 2.17. The second kappa shape index (κ2) is 10.2. The van der Waals surface area contributed by atoms with Gasteiger partial charge < -0.3 is 20.4 Å². The first-order valence-corrected chi connectivity index (χ1v) is 13.1. The number of aromatic nitrogens is 3. The third kappa shape index (κ3) is 4.64. The fraction of sp³-hybridized carbons (Fsp3) is 0.345. The molecule has 0 amide bonds. The van der Waals surface area contributed by atoms with Crippen molar-refractivity contribution in [3.63, 3.8) is 0 Å². The lowest BCUT2D eigenvalue weighted by molar-refractivity contribution is -0.0885. The monoisotopic (exact) mass is 510 g/mol. The standard InChI is InChI=1S/C29H34N8O/c1-19-23-9-8-21(12-25(23)34-37(19)14-20-6-4-3-5-7-20)24-13-26(33-28(24)29(31)32-18-30)27-16-36-11-10-35(2)15-22(36)17-38-27/h3-9,12-13,18,22,27,33H,10-11,14-17H2,1-2H3,(H3,30,31,32). The van der Waals surface area contributed by atoms with Crippen LogP contribution >= 0.6 is 0 Å². The van der Waals surface area contributed by atoms with Crippen LogP contribution in [0.3, 0.4) is 0 Å². The number of fused-ring (bicyclic) bond motifs is 2. The maximum absolute atomic E-state index is 7.45. The summed E-state index contributed by atoms with van der Waals surface area (Å²) in [5.74, 6) is 0.278. The Morgan fingerprint density at radius 1 is 1.18 bits per heavy atom. The summed E-state index contributed by atoms with van der Waals surface area (Å²) in [5, 5.41) is 13.5. The minimum Gasteiger partial charge on any atom is -0.382 e. The van der Waals surface area contributed by atoms with E-state index in [1.54, 1.807) is 0 Å². The second-order valence-electron chi connectivity index (χ2n) is 10.4. The Balaban J connectivity index is 1.34. The number of hydrogen-bond donors (Lipinski definition) is 3. The molecule has 0 saturated carbocycles. The average molecular weight is 511 g/mol. The van der Waals surface area contributed by atoms with Crippen molar-refractivity contribution in [2.24, 2.45) is 10.7 Å². The van der Waals surface area contributed by atoms with E-state index < -0.39 is 0 Å². The van der Waals surface area contributed by atoms with Crippen LogP contribution in [0.15, 0.2) is 59.6 Å². The zero-order valence-corrected chi connectivity index (χ0v) is 21.9. The smallest absolute Gasteiger partial charge is 0.149 e. The summed E-state index contributed by atoms with van der Waals surface area (Å²) in [6.07, 6.45) is 0.898. The molecule has 9 nitrogen and oxygen atoms in total. The van der Waals surface area contributed by atoms with Crippen molar-refractivity contribution in [2.75, 3.05) is 39.8 Å². The van der Waals surface area contributed by atoms with Crippen molar-refractivity contribution in [1.82, 2.24) is 24.6 Å². The van der Waals surface area contributed by atoms with Crippen LogP contribution in [-0.2, 0) is 11.3 Å². The Hall–Kier alpha value is -3.79. The molecule has 38 heavy (non-hydrogen) atoms. The molecule has 4 heterocycles. The van der Waals surface area contributed by atoms with Gasteiger partial charge in [-0.15, -0.1) is 0 Å². The molecule has 6 rings (SSSR count). The molecule has 0 aliphatic carbocycles. The number of aromatic amines is 1.